The molecule has 0 aliphatic heterocycles. The molecule has 3 aromatic carbocycles. The van der Waals surface area contributed by atoms with E-state index in [0.717, 1.165) is 16.7 Å². The van der Waals surface area contributed by atoms with Gasteiger partial charge >= 0.3 is 0 Å². The first-order chi connectivity index (χ1) is 10.8. The van der Waals surface area contributed by atoms with Crippen LogP contribution in [0.15, 0.2) is 66.7 Å². The van der Waals surface area contributed by atoms with Gasteiger partial charge in [-0.05, 0) is 33.0 Å². The molecule has 0 saturated heterocycles. The van der Waals surface area contributed by atoms with Crippen molar-refractivity contribution in [2.24, 2.45) is 0 Å². The molecule has 1 aliphatic rings. The Balaban J connectivity index is 1.98. The van der Waals surface area contributed by atoms with Gasteiger partial charge in [0, 0.05) is 12.8 Å². The smallest absolute Gasteiger partial charge is 0.141 e. The molecule has 0 saturated carbocycles. The molecule has 0 fully saturated rings. The van der Waals surface area contributed by atoms with Crippen LogP contribution in [0.4, 0.5) is 0 Å². The molecule has 1 aliphatic carbocycles. The van der Waals surface area contributed by atoms with Gasteiger partial charge in [0.2, 0.25) is 0 Å². The Bertz CT molecular complexity index is 888. The van der Waals surface area contributed by atoms with Crippen LogP contribution in [-0.4, -0.2) is 5.78 Å². The Morgan fingerprint density at radius 3 is 2.41 bits per heavy atom. The maximum absolute atomic E-state index is 12.1. The van der Waals surface area contributed by atoms with Crippen LogP contribution in [0.2, 0.25) is 0 Å². The van der Waals surface area contributed by atoms with Crippen LogP contribution in [0.1, 0.15) is 23.1 Å². The summed E-state index contributed by atoms with van der Waals surface area (Å²) in [6.45, 7) is 0. The first-order valence-electron chi connectivity index (χ1n) is 7.59. The van der Waals surface area contributed by atoms with E-state index >= 15 is 0 Å². The highest BCUT2D eigenvalue weighted by Crippen LogP contribution is 2.36. The fraction of sp³-hybridized carbons (Fsp3) is 0.0952. The number of carbonyl (C=O) groups excluding carboxylic acids is 1. The minimum atomic E-state index is 0.296. The lowest BCUT2D eigenvalue weighted by Gasteiger charge is -2.20. The maximum atomic E-state index is 12.1. The van der Waals surface area contributed by atoms with Crippen LogP contribution in [0.5, 0.6) is 0 Å². The van der Waals surface area contributed by atoms with Crippen molar-refractivity contribution >= 4 is 28.2 Å². The van der Waals surface area contributed by atoms with E-state index in [1.165, 1.54) is 16.3 Å². The molecule has 0 spiro atoms. The number of allylic oxidation sites excluding steroid dienone is 1. The van der Waals surface area contributed by atoms with Gasteiger partial charge in [-0.2, -0.15) is 0 Å². The summed E-state index contributed by atoms with van der Waals surface area (Å²) in [6.07, 6.45) is 3.23. The van der Waals surface area contributed by atoms with Gasteiger partial charge in [-0.25, -0.2) is 0 Å². The molecule has 0 amide bonds. The Labute approximate surface area is 129 Å². The molecule has 22 heavy (non-hydrogen) atoms. The van der Waals surface area contributed by atoms with Crippen LogP contribution < -0.4 is 0 Å². The third-order valence-electron chi connectivity index (χ3n) is 4.25. The number of benzene rings is 3. The third-order valence-corrected chi connectivity index (χ3v) is 4.25. The van der Waals surface area contributed by atoms with Crippen molar-refractivity contribution in [3.8, 4) is 0 Å². The number of rotatable bonds is 1. The van der Waals surface area contributed by atoms with Gasteiger partial charge in [-0.3, -0.25) is 4.79 Å². The standard InChI is InChI=1S/C21H16O/c22-19-13-17-11-10-16-8-4-5-9-20(16)21(17)18(14-19)12-15-6-2-1-3-7-15/h1-12H,13-14H2/b18-12+. The highest BCUT2D eigenvalue weighted by molar-refractivity contribution is 6.07. The summed E-state index contributed by atoms with van der Waals surface area (Å²) in [5.41, 5.74) is 4.68. The minimum absolute atomic E-state index is 0.296. The van der Waals surface area contributed by atoms with Gasteiger partial charge in [-0.15, -0.1) is 0 Å². The number of carbonyl (C=O) groups is 1. The fourth-order valence-corrected chi connectivity index (χ4v) is 3.29. The Morgan fingerprint density at radius 1 is 0.773 bits per heavy atom. The van der Waals surface area contributed by atoms with Gasteiger partial charge in [0.1, 0.15) is 5.78 Å². The van der Waals surface area contributed by atoms with Crippen molar-refractivity contribution in [1.29, 1.82) is 0 Å². The van der Waals surface area contributed by atoms with Crippen LogP contribution in [0.25, 0.3) is 22.4 Å². The van der Waals surface area contributed by atoms with E-state index in [0.29, 0.717) is 18.6 Å². The molecule has 3 aromatic rings. The normalized spacial score (nSPS) is 16.0. The lowest BCUT2D eigenvalue weighted by Crippen LogP contribution is -2.12. The summed E-state index contributed by atoms with van der Waals surface area (Å²) < 4.78 is 0. The van der Waals surface area contributed by atoms with Crippen LogP contribution in [0, 0.1) is 0 Å². The highest BCUT2D eigenvalue weighted by Gasteiger charge is 2.21. The Kier molecular flexibility index (Phi) is 3.12. The second-order valence-corrected chi connectivity index (χ2v) is 5.79. The summed E-state index contributed by atoms with van der Waals surface area (Å²) in [5, 5.41) is 2.48. The molecule has 0 heterocycles. The molecule has 1 heteroatoms. The lowest BCUT2D eigenvalue weighted by molar-refractivity contribution is -0.117. The van der Waals surface area contributed by atoms with Crippen LogP contribution in [0.3, 0.4) is 0 Å². The number of Topliss-reactive ketones (excluding diaryl/α,β-unsaturated/α-hetero) is 1. The molecule has 4 rings (SSSR count). The number of hydrogen-bond acceptors (Lipinski definition) is 1. The topological polar surface area (TPSA) is 17.1 Å². The first-order valence-corrected chi connectivity index (χ1v) is 7.59. The Morgan fingerprint density at radius 2 is 1.55 bits per heavy atom. The van der Waals surface area contributed by atoms with Gasteiger partial charge < -0.3 is 0 Å². The first kappa shape index (κ1) is 13.0. The van der Waals surface area contributed by atoms with Crippen molar-refractivity contribution in [2.75, 3.05) is 0 Å². The summed E-state index contributed by atoms with van der Waals surface area (Å²) in [4.78, 5) is 12.1. The molecular weight excluding hydrogens is 268 g/mol. The van der Waals surface area contributed by atoms with Gasteiger partial charge in [0.25, 0.3) is 0 Å². The van der Waals surface area contributed by atoms with Crippen LogP contribution in [-0.2, 0) is 11.2 Å². The van der Waals surface area contributed by atoms with Gasteiger partial charge in [0.15, 0.2) is 0 Å². The van der Waals surface area contributed by atoms with E-state index in [1.807, 2.05) is 18.2 Å². The summed E-state index contributed by atoms with van der Waals surface area (Å²) in [6, 6.07) is 22.9. The molecular formula is C21H16O. The van der Waals surface area contributed by atoms with Crippen molar-refractivity contribution in [1.82, 2.24) is 0 Å². The predicted octanol–water partition coefficient (Wildman–Crippen LogP) is 4.90. The van der Waals surface area contributed by atoms with Crippen molar-refractivity contribution < 1.29 is 4.79 Å². The third kappa shape index (κ3) is 2.25. The molecule has 0 N–H and O–H groups in total. The van der Waals surface area contributed by atoms with Crippen molar-refractivity contribution in [3.05, 3.63) is 83.4 Å². The molecule has 0 bridgehead atoms. The minimum Gasteiger partial charge on any atom is -0.299 e. The zero-order valence-corrected chi connectivity index (χ0v) is 12.3. The molecule has 0 atom stereocenters. The molecule has 0 radical (unpaired) electrons. The van der Waals surface area contributed by atoms with Crippen LogP contribution >= 0.6 is 0 Å². The van der Waals surface area contributed by atoms with Crippen molar-refractivity contribution in [3.63, 3.8) is 0 Å². The second-order valence-electron chi connectivity index (χ2n) is 5.79. The van der Waals surface area contributed by atoms with E-state index in [1.54, 1.807) is 0 Å². The lowest BCUT2D eigenvalue weighted by atomic mass is 9.82. The van der Waals surface area contributed by atoms with E-state index in [-0.39, 0.29) is 0 Å². The second kappa shape index (κ2) is 5.27. The Hall–Kier alpha value is -2.67. The molecule has 0 unspecified atom stereocenters. The quantitative estimate of drug-likeness (QED) is 0.621. The average Bonchev–Trinajstić information content (AvgIpc) is 2.55. The fourth-order valence-electron chi connectivity index (χ4n) is 3.29. The van der Waals surface area contributed by atoms with Gasteiger partial charge in [-0.1, -0.05) is 72.8 Å². The monoisotopic (exact) mass is 284 g/mol. The zero-order chi connectivity index (χ0) is 14.9. The zero-order valence-electron chi connectivity index (χ0n) is 12.3. The predicted molar refractivity (Wildman–Crippen MR) is 91.6 cm³/mol. The van der Waals surface area contributed by atoms with E-state index in [9.17, 15) is 4.79 Å². The highest BCUT2D eigenvalue weighted by atomic mass is 16.1. The van der Waals surface area contributed by atoms with E-state index in [2.05, 4.69) is 54.6 Å². The number of ketones is 1. The SMILES string of the molecule is O=C1C/C(=C\c2ccccc2)c2c(ccc3ccccc23)C1. The summed E-state index contributed by atoms with van der Waals surface area (Å²) in [7, 11) is 0. The van der Waals surface area contributed by atoms with Crippen molar-refractivity contribution in [2.45, 2.75) is 12.8 Å². The largest absolute Gasteiger partial charge is 0.299 e. The summed E-state index contributed by atoms with van der Waals surface area (Å²) >= 11 is 0. The summed E-state index contributed by atoms with van der Waals surface area (Å²) in [5.74, 6) is 0.296. The van der Waals surface area contributed by atoms with E-state index < -0.39 is 0 Å². The number of hydrogen-bond donors (Lipinski definition) is 0. The molecule has 106 valence electrons. The molecule has 0 aromatic heterocycles. The van der Waals surface area contributed by atoms with E-state index in [4.69, 9.17) is 0 Å². The molecule has 1 nitrogen and oxygen atoms in total. The van der Waals surface area contributed by atoms with Gasteiger partial charge in [0.05, 0.1) is 0 Å². The average molecular weight is 284 g/mol. The number of fused-ring (bicyclic) bond motifs is 3. The maximum Gasteiger partial charge on any atom is 0.141 e.